The number of aliphatic carboxylic acids is 1. The predicted octanol–water partition coefficient (Wildman–Crippen LogP) is 0.961. The van der Waals surface area contributed by atoms with E-state index in [0.717, 1.165) is 0 Å². The van der Waals surface area contributed by atoms with Crippen LogP contribution in [0.5, 0.6) is 0 Å². The van der Waals surface area contributed by atoms with Crippen LogP contribution in [0.1, 0.15) is 20.3 Å². The number of hydrogen-bond donors (Lipinski definition) is 1. The molecule has 0 aromatic carbocycles. The van der Waals surface area contributed by atoms with E-state index < -0.39 is 11.9 Å². The van der Waals surface area contributed by atoms with Gasteiger partial charge in [0.25, 0.3) is 0 Å². The van der Waals surface area contributed by atoms with Gasteiger partial charge < -0.3 is 19.3 Å². The molecule has 0 aromatic rings. The van der Waals surface area contributed by atoms with Gasteiger partial charge in [0.15, 0.2) is 0 Å². The molecule has 0 saturated carbocycles. The van der Waals surface area contributed by atoms with Crippen molar-refractivity contribution in [1.29, 1.82) is 0 Å². The van der Waals surface area contributed by atoms with Crippen LogP contribution in [0, 0.1) is 0 Å². The first kappa shape index (κ1) is 15.4. The maximum Gasteiger partial charge on any atom is 0.332 e. The molecule has 0 atom stereocenters. The third kappa shape index (κ3) is 10.7. The van der Waals surface area contributed by atoms with Crippen molar-refractivity contribution in [1.82, 2.24) is 0 Å². The average Bonchev–Trinajstić information content (AvgIpc) is 2.26. The van der Waals surface area contributed by atoms with Gasteiger partial charge in [-0.05, 0) is 19.9 Å². The maximum atomic E-state index is 10.9. The van der Waals surface area contributed by atoms with Crippen molar-refractivity contribution < 1.29 is 28.9 Å². The molecule has 0 heterocycles. The van der Waals surface area contributed by atoms with Crippen molar-refractivity contribution in [2.45, 2.75) is 20.3 Å². The van der Waals surface area contributed by atoms with Gasteiger partial charge in [-0.15, -0.1) is 0 Å². The minimum atomic E-state index is -0.911. The Balaban J connectivity index is 3.48. The lowest BCUT2D eigenvalue weighted by Crippen LogP contribution is -2.14. The highest BCUT2D eigenvalue weighted by molar-refractivity contribution is 5.70. The van der Waals surface area contributed by atoms with Crippen LogP contribution in [0.3, 0.4) is 0 Å². The summed E-state index contributed by atoms with van der Waals surface area (Å²) in [5, 5.41) is 8.41. The molecule has 0 rings (SSSR count). The summed E-state index contributed by atoms with van der Waals surface area (Å²) in [6.07, 6.45) is 1.39. The number of esters is 1. The van der Waals surface area contributed by atoms with E-state index in [-0.39, 0.29) is 26.2 Å². The molecular formula is C11H18O6. The van der Waals surface area contributed by atoms with E-state index >= 15 is 0 Å². The van der Waals surface area contributed by atoms with Crippen LogP contribution in [-0.4, -0.2) is 43.5 Å². The zero-order valence-corrected chi connectivity index (χ0v) is 10.1. The summed E-state index contributed by atoms with van der Waals surface area (Å²) in [6, 6.07) is 0. The third-order valence-electron chi connectivity index (χ3n) is 1.65. The minimum Gasteiger partial charge on any atom is -0.496 e. The van der Waals surface area contributed by atoms with E-state index in [0.29, 0.717) is 12.4 Å². The number of carbonyl (C=O) groups is 2. The number of hydrogen-bond acceptors (Lipinski definition) is 5. The number of carboxylic acids is 1. The summed E-state index contributed by atoms with van der Waals surface area (Å²) in [5.74, 6) is -0.802. The maximum absolute atomic E-state index is 10.9. The quantitative estimate of drug-likeness (QED) is 0.371. The highest BCUT2D eigenvalue weighted by Gasteiger charge is 2.01. The van der Waals surface area contributed by atoms with Gasteiger partial charge in [0, 0.05) is 0 Å². The summed E-state index contributed by atoms with van der Waals surface area (Å²) < 4.78 is 14.8. The van der Waals surface area contributed by atoms with E-state index in [2.05, 4.69) is 4.74 Å². The molecule has 0 aliphatic carbocycles. The van der Waals surface area contributed by atoms with Gasteiger partial charge in [-0.2, -0.15) is 0 Å². The highest BCUT2D eigenvalue weighted by Crippen LogP contribution is 1.97. The molecule has 0 fully saturated rings. The molecule has 0 bridgehead atoms. The highest BCUT2D eigenvalue weighted by atomic mass is 16.6. The molecule has 0 spiro atoms. The Kier molecular flexibility index (Phi) is 8.77. The fraction of sp³-hybridized carbons (Fsp3) is 0.636. The third-order valence-corrected chi connectivity index (χ3v) is 1.65. The Hall–Kier alpha value is -1.56. The molecule has 0 aromatic heterocycles. The SMILES string of the molecule is CCOC(=O)COCCOC(C)=CCC(=O)O. The van der Waals surface area contributed by atoms with E-state index in [1.165, 1.54) is 6.08 Å². The lowest BCUT2D eigenvalue weighted by molar-refractivity contribution is -0.148. The first-order chi connectivity index (χ1) is 8.06. The summed E-state index contributed by atoms with van der Waals surface area (Å²) >= 11 is 0. The van der Waals surface area contributed by atoms with Gasteiger partial charge >= 0.3 is 11.9 Å². The molecule has 0 unspecified atom stereocenters. The molecule has 0 aliphatic heterocycles. The van der Waals surface area contributed by atoms with E-state index in [9.17, 15) is 9.59 Å². The van der Waals surface area contributed by atoms with Crippen molar-refractivity contribution in [3.8, 4) is 0 Å². The first-order valence-electron chi connectivity index (χ1n) is 5.31. The number of carboxylic acid groups (broad SMARTS) is 1. The summed E-state index contributed by atoms with van der Waals surface area (Å²) in [6.45, 7) is 4.12. The lowest BCUT2D eigenvalue weighted by Gasteiger charge is -2.06. The first-order valence-corrected chi connectivity index (χ1v) is 5.31. The number of ether oxygens (including phenoxy) is 3. The van der Waals surface area contributed by atoms with Crippen LogP contribution >= 0.6 is 0 Å². The van der Waals surface area contributed by atoms with E-state index in [1.54, 1.807) is 13.8 Å². The smallest absolute Gasteiger partial charge is 0.332 e. The predicted molar refractivity (Wildman–Crippen MR) is 59.4 cm³/mol. The van der Waals surface area contributed by atoms with E-state index in [1.807, 2.05) is 0 Å². The minimum absolute atomic E-state index is 0.0739. The molecule has 98 valence electrons. The topological polar surface area (TPSA) is 82.1 Å². The Morgan fingerprint density at radius 2 is 1.94 bits per heavy atom. The molecule has 0 radical (unpaired) electrons. The standard InChI is InChI=1S/C11H18O6/c1-3-16-11(14)8-15-6-7-17-9(2)4-5-10(12)13/h4H,3,5-8H2,1-2H3,(H,12,13). The molecule has 0 amide bonds. The number of carbonyl (C=O) groups excluding carboxylic acids is 1. The van der Waals surface area contributed by atoms with Crippen LogP contribution in [0.15, 0.2) is 11.8 Å². The number of allylic oxidation sites excluding steroid dienone is 1. The van der Waals surface area contributed by atoms with Gasteiger partial charge in [-0.1, -0.05) is 0 Å². The van der Waals surface area contributed by atoms with Crippen LogP contribution in [0.4, 0.5) is 0 Å². The van der Waals surface area contributed by atoms with Crippen molar-refractivity contribution in [2.24, 2.45) is 0 Å². The van der Waals surface area contributed by atoms with Gasteiger partial charge in [-0.25, -0.2) is 4.79 Å². The Morgan fingerprint density at radius 1 is 1.24 bits per heavy atom. The Labute approximate surface area is 100 Å². The monoisotopic (exact) mass is 246 g/mol. The molecule has 17 heavy (non-hydrogen) atoms. The van der Waals surface area contributed by atoms with Crippen LogP contribution in [-0.2, 0) is 23.8 Å². The van der Waals surface area contributed by atoms with Gasteiger partial charge in [0.1, 0.15) is 13.2 Å². The molecule has 1 N–H and O–H groups in total. The fourth-order valence-corrected chi connectivity index (χ4v) is 0.910. The molecule has 0 aliphatic rings. The van der Waals surface area contributed by atoms with Crippen molar-refractivity contribution in [3.63, 3.8) is 0 Å². The summed E-state index contributed by atoms with van der Waals surface area (Å²) in [5.41, 5.74) is 0. The van der Waals surface area contributed by atoms with E-state index in [4.69, 9.17) is 14.6 Å². The zero-order chi connectivity index (χ0) is 13.1. The normalized spacial score (nSPS) is 11.1. The van der Waals surface area contributed by atoms with Gasteiger partial charge in [-0.3, -0.25) is 4.79 Å². The molecular weight excluding hydrogens is 228 g/mol. The Bertz CT molecular complexity index is 271. The fourth-order valence-electron chi connectivity index (χ4n) is 0.910. The number of rotatable bonds is 9. The molecule has 6 heteroatoms. The summed E-state index contributed by atoms with van der Waals surface area (Å²) in [7, 11) is 0. The van der Waals surface area contributed by atoms with Gasteiger partial charge in [0.05, 0.1) is 25.4 Å². The second-order valence-corrected chi connectivity index (χ2v) is 3.12. The molecule has 0 saturated heterocycles. The lowest BCUT2D eigenvalue weighted by atomic mass is 10.4. The largest absolute Gasteiger partial charge is 0.496 e. The van der Waals surface area contributed by atoms with Crippen molar-refractivity contribution in [2.75, 3.05) is 26.4 Å². The van der Waals surface area contributed by atoms with Crippen LogP contribution in [0.2, 0.25) is 0 Å². The zero-order valence-electron chi connectivity index (χ0n) is 10.1. The second kappa shape index (κ2) is 9.65. The second-order valence-electron chi connectivity index (χ2n) is 3.12. The summed E-state index contributed by atoms with van der Waals surface area (Å²) in [4.78, 5) is 21.1. The van der Waals surface area contributed by atoms with Gasteiger partial charge in [0.2, 0.25) is 0 Å². The van der Waals surface area contributed by atoms with Crippen LogP contribution < -0.4 is 0 Å². The van der Waals surface area contributed by atoms with Crippen molar-refractivity contribution in [3.05, 3.63) is 11.8 Å². The van der Waals surface area contributed by atoms with Crippen LogP contribution in [0.25, 0.3) is 0 Å². The average molecular weight is 246 g/mol. The molecule has 6 nitrogen and oxygen atoms in total. The van der Waals surface area contributed by atoms with Crippen molar-refractivity contribution >= 4 is 11.9 Å². The Morgan fingerprint density at radius 3 is 2.53 bits per heavy atom.